The molecule has 0 fully saturated rings. The van der Waals surface area contributed by atoms with Crippen LogP contribution in [0.4, 0.5) is 0 Å². The van der Waals surface area contributed by atoms with Crippen LogP contribution in [0.5, 0.6) is 0 Å². The maximum absolute atomic E-state index is 12.8. The summed E-state index contributed by atoms with van der Waals surface area (Å²) in [4.78, 5) is 25.1. The van der Waals surface area contributed by atoms with Gasteiger partial charge < -0.3 is 14.6 Å². The van der Waals surface area contributed by atoms with E-state index in [0.29, 0.717) is 36.5 Å². The predicted octanol–water partition coefficient (Wildman–Crippen LogP) is 4.09. The summed E-state index contributed by atoms with van der Waals surface area (Å²) in [6, 6.07) is 0. The van der Waals surface area contributed by atoms with Crippen molar-refractivity contribution in [3.8, 4) is 0 Å². The van der Waals surface area contributed by atoms with E-state index in [2.05, 4.69) is 18.0 Å². The van der Waals surface area contributed by atoms with Crippen LogP contribution in [0.3, 0.4) is 0 Å². The summed E-state index contributed by atoms with van der Waals surface area (Å²) in [7, 11) is 0. The molecule has 1 N–H and O–H groups in total. The molecular formula is C21H30N2O3. The Kier molecular flexibility index (Phi) is 7.25. The van der Waals surface area contributed by atoms with Crippen LogP contribution in [0, 0.1) is 13.8 Å². The van der Waals surface area contributed by atoms with Gasteiger partial charge in [0.15, 0.2) is 0 Å². The Morgan fingerprint density at radius 1 is 1.35 bits per heavy atom. The number of carbonyl (C=O) groups is 2. The Bertz CT molecular complexity index is 713. The van der Waals surface area contributed by atoms with Crippen molar-refractivity contribution >= 4 is 11.9 Å². The predicted molar refractivity (Wildman–Crippen MR) is 104 cm³/mol. The van der Waals surface area contributed by atoms with Gasteiger partial charge in [-0.3, -0.25) is 4.79 Å². The van der Waals surface area contributed by atoms with Gasteiger partial charge in [0.1, 0.15) is 5.69 Å². The highest BCUT2D eigenvalue weighted by atomic mass is 16.5. The molecule has 1 aliphatic carbocycles. The average Bonchev–Trinajstić information content (AvgIpc) is 2.86. The fourth-order valence-corrected chi connectivity index (χ4v) is 3.61. The van der Waals surface area contributed by atoms with Crippen molar-refractivity contribution in [2.45, 2.75) is 59.4 Å². The van der Waals surface area contributed by atoms with Crippen LogP contribution in [-0.2, 0) is 11.3 Å². The SMILES string of the molecule is C=CCn1c(C)c(C(=O)NCCC2=CCCCC2)c(C)c1C(=O)OCC. The highest BCUT2D eigenvalue weighted by Gasteiger charge is 2.26. The number of nitrogens with zero attached hydrogens (tertiary/aromatic N) is 1. The van der Waals surface area contributed by atoms with Crippen LogP contribution in [0.25, 0.3) is 0 Å². The summed E-state index contributed by atoms with van der Waals surface area (Å²) in [5, 5.41) is 3.01. The molecule has 1 heterocycles. The quantitative estimate of drug-likeness (QED) is 0.562. The van der Waals surface area contributed by atoms with Crippen LogP contribution >= 0.6 is 0 Å². The second kappa shape index (κ2) is 9.41. The van der Waals surface area contributed by atoms with Gasteiger partial charge in [0.2, 0.25) is 0 Å². The first-order valence-corrected chi connectivity index (χ1v) is 9.45. The number of carbonyl (C=O) groups excluding carboxylic acids is 2. The molecule has 0 atom stereocenters. The van der Waals surface area contributed by atoms with E-state index < -0.39 is 5.97 Å². The Balaban J connectivity index is 2.17. The molecule has 26 heavy (non-hydrogen) atoms. The lowest BCUT2D eigenvalue weighted by Crippen LogP contribution is -2.26. The molecule has 1 aromatic rings. The van der Waals surface area contributed by atoms with E-state index in [1.807, 2.05) is 6.92 Å². The number of aromatic nitrogens is 1. The fourth-order valence-electron chi connectivity index (χ4n) is 3.61. The Morgan fingerprint density at radius 3 is 2.73 bits per heavy atom. The van der Waals surface area contributed by atoms with Crippen molar-refractivity contribution in [2.75, 3.05) is 13.2 Å². The summed E-state index contributed by atoms with van der Waals surface area (Å²) < 4.78 is 6.98. The van der Waals surface area contributed by atoms with Crippen molar-refractivity contribution < 1.29 is 14.3 Å². The van der Waals surface area contributed by atoms with Gasteiger partial charge in [0, 0.05) is 18.8 Å². The van der Waals surface area contributed by atoms with Gasteiger partial charge in [0.25, 0.3) is 5.91 Å². The molecule has 0 aliphatic heterocycles. The Labute approximate surface area is 156 Å². The Hall–Kier alpha value is -2.30. The van der Waals surface area contributed by atoms with E-state index in [1.54, 1.807) is 24.5 Å². The molecule has 142 valence electrons. The summed E-state index contributed by atoms with van der Waals surface area (Å²) in [5.74, 6) is -0.536. The molecule has 2 rings (SSSR count). The summed E-state index contributed by atoms with van der Waals surface area (Å²) in [6.07, 6.45) is 9.69. The van der Waals surface area contributed by atoms with Gasteiger partial charge in [-0.25, -0.2) is 4.79 Å². The second-order valence-electron chi connectivity index (χ2n) is 6.67. The lowest BCUT2D eigenvalue weighted by Gasteiger charge is -2.13. The number of amides is 1. The summed E-state index contributed by atoms with van der Waals surface area (Å²) in [6.45, 7) is 10.6. The van der Waals surface area contributed by atoms with E-state index >= 15 is 0 Å². The van der Waals surface area contributed by atoms with E-state index in [0.717, 1.165) is 25.0 Å². The molecule has 0 spiro atoms. The van der Waals surface area contributed by atoms with Gasteiger partial charge in [-0.15, -0.1) is 6.58 Å². The number of hydrogen-bond acceptors (Lipinski definition) is 3. The number of esters is 1. The minimum atomic E-state index is -0.402. The van der Waals surface area contributed by atoms with E-state index in [-0.39, 0.29) is 5.91 Å². The first kappa shape index (κ1) is 20.0. The zero-order chi connectivity index (χ0) is 19.1. The molecule has 1 aromatic heterocycles. The van der Waals surface area contributed by atoms with Crippen LogP contribution < -0.4 is 5.32 Å². The van der Waals surface area contributed by atoms with Crippen molar-refractivity contribution in [2.24, 2.45) is 0 Å². The Morgan fingerprint density at radius 2 is 2.12 bits per heavy atom. The normalized spacial score (nSPS) is 13.9. The molecule has 1 aliphatic rings. The molecule has 0 bridgehead atoms. The molecule has 1 amide bonds. The minimum absolute atomic E-state index is 0.134. The zero-order valence-electron chi connectivity index (χ0n) is 16.2. The van der Waals surface area contributed by atoms with Gasteiger partial charge in [-0.05, 0) is 58.4 Å². The highest BCUT2D eigenvalue weighted by molar-refractivity contribution is 6.01. The lowest BCUT2D eigenvalue weighted by atomic mass is 9.97. The second-order valence-corrected chi connectivity index (χ2v) is 6.67. The number of nitrogens with one attached hydrogen (secondary N) is 1. The molecule has 0 aromatic carbocycles. The van der Waals surface area contributed by atoms with Crippen molar-refractivity contribution in [3.05, 3.63) is 46.8 Å². The largest absolute Gasteiger partial charge is 0.461 e. The fraction of sp³-hybridized carbons (Fsp3) is 0.524. The molecule has 0 unspecified atom stereocenters. The lowest BCUT2D eigenvalue weighted by molar-refractivity contribution is 0.0513. The summed E-state index contributed by atoms with van der Waals surface area (Å²) in [5.41, 5.74) is 3.86. The number of rotatable bonds is 8. The third kappa shape index (κ3) is 4.45. The number of allylic oxidation sites excluding steroid dienone is 2. The molecule has 0 saturated heterocycles. The average molecular weight is 358 g/mol. The zero-order valence-corrected chi connectivity index (χ0v) is 16.2. The van der Waals surface area contributed by atoms with Crippen LogP contribution in [0.1, 0.15) is 71.1 Å². The molecule has 5 heteroatoms. The van der Waals surface area contributed by atoms with Crippen LogP contribution in [0.15, 0.2) is 24.3 Å². The van der Waals surface area contributed by atoms with E-state index in [1.165, 1.54) is 18.4 Å². The maximum Gasteiger partial charge on any atom is 0.355 e. The molecular weight excluding hydrogens is 328 g/mol. The van der Waals surface area contributed by atoms with Crippen molar-refractivity contribution in [3.63, 3.8) is 0 Å². The van der Waals surface area contributed by atoms with Gasteiger partial charge in [-0.1, -0.05) is 17.7 Å². The summed E-state index contributed by atoms with van der Waals surface area (Å²) >= 11 is 0. The monoisotopic (exact) mass is 358 g/mol. The van der Waals surface area contributed by atoms with E-state index in [9.17, 15) is 9.59 Å². The van der Waals surface area contributed by atoms with Crippen LogP contribution in [-0.4, -0.2) is 29.6 Å². The number of ether oxygens (including phenoxy) is 1. The standard InChI is InChI=1S/C21H30N2O3/c1-5-14-23-16(4)18(15(3)19(23)21(25)26-6-2)20(24)22-13-12-17-10-8-7-9-11-17/h5,10H,1,6-9,11-14H2,2-4H3,(H,22,24). The molecule has 0 saturated carbocycles. The molecule has 0 radical (unpaired) electrons. The number of hydrogen-bond donors (Lipinski definition) is 1. The maximum atomic E-state index is 12.8. The highest BCUT2D eigenvalue weighted by Crippen LogP contribution is 2.24. The van der Waals surface area contributed by atoms with Gasteiger partial charge in [-0.2, -0.15) is 0 Å². The van der Waals surface area contributed by atoms with E-state index in [4.69, 9.17) is 4.74 Å². The van der Waals surface area contributed by atoms with Crippen molar-refractivity contribution in [1.82, 2.24) is 9.88 Å². The van der Waals surface area contributed by atoms with Crippen molar-refractivity contribution in [1.29, 1.82) is 0 Å². The third-order valence-electron chi connectivity index (χ3n) is 4.89. The van der Waals surface area contributed by atoms with Gasteiger partial charge in [0.05, 0.1) is 12.2 Å². The third-order valence-corrected chi connectivity index (χ3v) is 4.89. The molecule has 5 nitrogen and oxygen atoms in total. The first-order chi connectivity index (χ1) is 12.5. The minimum Gasteiger partial charge on any atom is -0.461 e. The van der Waals surface area contributed by atoms with Crippen LogP contribution in [0.2, 0.25) is 0 Å². The topological polar surface area (TPSA) is 60.3 Å². The smallest absolute Gasteiger partial charge is 0.355 e. The first-order valence-electron chi connectivity index (χ1n) is 9.45. The van der Waals surface area contributed by atoms with Gasteiger partial charge >= 0.3 is 5.97 Å².